The molecule has 4 rings (SSSR count). The van der Waals surface area contributed by atoms with Crippen molar-refractivity contribution >= 4 is 23.4 Å². The number of hydrogen-bond donors (Lipinski definition) is 0. The maximum absolute atomic E-state index is 12.9. The van der Waals surface area contributed by atoms with E-state index in [9.17, 15) is 14.4 Å². The van der Waals surface area contributed by atoms with Crippen LogP contribution in [0.4, 0.5) is 10.5 Å². The minimum Gasteiger partial charge on any atom is -0.321 e. The molecule has 28 heavy (non-hydrogen) atoms. The largest absolute Gasteiger partial charge is 0.331 e. The van der Waals surface area contributed by atoms with Gasteiger partial charge in [0, 0.05) is 44.7 Å². The third-order valence-corrected chi connectivity index (χ3v) is 5.41. The summed E-state index contributed by atoms with van der Waals surface area (Å²) in [6.45, 7) is 3.21. The van der Waals surface area contributed by atoms with Crippen molar-refractivity contribution in [1.29, 1.82) is 0 Å². The number of benzene rings is 2. The van der Waals surface area contributed by atoms with Crippen molar-refractivity contribution in [3.05, 3.63) is 65.7 Å². The predicted octanol–water partition coefficient (Wildman–Crippen LogP) is 2.59. The lowest BCUT2D eigenvalue weighted by molar-refractivity contribution is -0.116. The summed E-state index contributed by atoms with van der Waals surface area (Å²) in [4.78, 5) is 42.7. The van der Waals surface area contributed by atoms with Crippen molar-refractivity contribution in [1.82, 2.24) is 9.80 Å². The summed E-state index contributed by atoms with van der Waals surface area (Å²) in [5.41, 5.74) is 2.34. The maximum atomic E-state index is 12.9. The fourth-order valence-electron chi connectivity index (χ4n) is 3.80. The van der Waals surface area contributed by atoms with Crippen LogP contribution < -0.4 is 4.90 Å². The van der Waals surface area contributed by atoms with Crippen LogP contribution in [0.15, 0.2) is 54.6 Å². The van der Waals surface area contributed by atoms with Crippen LogP contribution in [-0.4, -0.2) is 60.2 Å². The molecule has 0 spiro atoms. The number of para-hydroxylation sites is 1. The van der Waals surface area contributed by atoms with Crippen molar-refractivity contribution in [3.8, 4) is 0 Å². The summed E-state index contributed by atoms with van der Waals surface area (Å²) >= 11 is 0. The first-order valence-corrected chi connectivity index (χ1v) is 9.64. The van der Waals surface area contributed by atoms with E-state index in [1.54, 1.807) is 4.90 Å². The number of amides is 3. The normalized spacial score (nSPS) is 16.9. The molecule has 2 aliphatic rings. The van der Waals surface area contributed by atoms with E-state index < -0.39 is 0 Å². The van der Waals surface area contributed by atoms with Crippen LogP contribution in [0.1, 0.15) is 22.3 Å². The molecule has 0 N–H and O–H groups in total. The molecule has 6 heteroatoms. The second kappa shape index (κ2) is 7.94. The third-order valence-electron chi connectivity index (χ3n) is 5.41. The van der Waals surface area contributed by atoms with E-state index in [-0.39, 0.29) is 24.1 Å². The Morgan fingerprint density at radius 2 is 1.54 bits per heavy atom. The molecular weight excluding hydrogens is 354 g/mol. The Hall–Kier alpha value is -2.99. The molecule has 2 aromatic rings. The molecule has 0 bridgehead atoms. The van der Waals surface area contributed by atoms with Crippen molar-refractivity contribution in [2.45, 2.75) is 12.8 Å². The van der Waals surface area contributed by atoms with Gasteiger partial charge in [-0.2, -0.15) is 0 Å². The second-order valence-corrected chi connectivity index (χ2v) is 7.19. The molecule has 0 saturated carbocycles. The summed E-state index contributed by atoms with van der Waals surface area (Å²) in [7, 11) is 0. The number of hydrogen-bond acceptors (Lipinski definition) is 4. The third kappa shape index (κ3) is 3.68. The minimum absolute atomic E-state index is 0.137. The zero-order valence-electron chi connectivity index (χ0n) is 15.7. The van der Waals surface area contributed by atoms with Crippen LogP contribution in [0.2, 0.25) is 0 Å². The molecule has 6 nitrogen and oxygen atoms in total. The van der Waals surface area contributed by atoms with Gasteiger partial charge in [0.05, 0.1) is 12.1 Å². The van der Waals surface area contributed by atoms with E-state index in [1.165, 1.54) is 4.90 Å². The van der Waals surface area contributed by atoms with Gasteiger partial charge < -0.3 is 4.90 Å². The molecule has 0 atom stereocenters. The molecule has 0 aliphatic carbocycles. The lowest BCUT2D eigenvalue weighted by Crippen LogP contribution is -2.53. The lowest BCUT2D eigenvalue weighted by Gasteiger charge is -2.36. The average molecular weight is 377 g/mol. The maximum Gasteiger partial charge on any atom is 0.331 e. The van der Waals surface area contributed by atoms with Crippen LogP contribution >= 0.6 is 0 Å². The van der Waals surface area contributed by atoms with E-state index in [1.807, 2.05) is 54.6 Å². The number of carbonyl (C=O) groups excluding carboxylic acids is 3. The monoisotopic (exact) mass is 377 g/mol. The Labute approximate surface area is 164 Å². The zero-order valence-corrected chi connectivity index (χ0v) is 15.7. The number of carbonyl (C=O) groups is 3. The fourth-order valence-corrected chi connectivity index (χ4v) is 3.80. The van der Waals surface area contributed by atoms with Gasteiger partial charge >= 0.3 is 6.03 Å². The van der Waals surface area contributed by atoms with Crippen LogP contribution in [-0.2, 0) is 11.2 Å². The van der Waals surface area contributed by atoms with Crippen molar-refractivity contribution < 1.29 is 14.4 Å². The summed E-state index contributed by atoms with van der Waals surface area (Å²) in [5, 5.41) is 0. The smallest absolute Gasteiger partial charge is 0.321 e. The van der Waals surface area contributed by atoms with E-state index in [0.717, 1.165) is 11.1 Å². The number of nitrogens with zero attached hydrogens (tertiary/aromatic N) is 3. The van der Waals surface area contributed by atoms with Gasteiger partial charge in [-0.25, -0.2) is 9.69 Å². The highest BCUT2D eigenvalue weighted by Crippen LogP contribution is 2.29. The summed E-state index contributed by atoms with van der Waals surface area (Å²) in [6, 6.07) is 16.5. The molecule has 3 amide bonds. The van der Waals surface area contributed by atoms with Gasteiger partial charge in [-0.05, 0) is 11.6 Å². The van der Waals surface area contributed by atoms with Crippen LogP contribution in [0.5, 0.6) is 0 Å². The van der Waals surface area contributed by atoms with Gasteiger partial charge in [0.1, 0.15) is 0 Å². The molecule has 0 aromatic heterocycles. The average Bonchev–Trinajstić information content (AvgIpc) is 3.08. The SMILES string of the molecule is O=C(CCN1CCN(C(=O)N2C(=O)Cc3ccccc32)CC1)c1ccccc1. The second-order valence-electron chi connectivity index (χ2n) is 7.19. The summed E-state index contributed by atoms with van der Waals surface area (Å²) in [6.07, 6.45) is 0.749. The standard InChI is InChI=1S/C22H23N3O3/c26-20(17-6-2-1-3-7-17)10-11-23-12-14-24(15-13-23)22(28)25-19-9-5-4-8-18(19)16-21(25)27/h1-9H,10-16H2. The van der Waals surface area contributed by atoms with Gasteiger partial charge in [0.25, 0.3) is 0 Å². The van der Waals surface area contributed by atoms with Crippen molar-refractivity contribution in [2.75, 3.05) is 37.6 Å². The molecular formula is C22H23N3O3. The Bertz CT molecular complexity index is 889. The van der Waals surface area contributed by atoms with E-state index in [2.05, 4.69) is 4.90 Å². The first-order chi connectivity index (χ1) is 13.6. The number of fused-ring (bicyclic) bond motifs is 1. The lowest BCUT2D eigenvalue weighted by atomic mass is 10.1. The summed E-state index contributed by atoms with van der Waals surface area (Å²) < 4.78 is 0. The first kappa shape index (κ1) is 18.4. The number of anilines is 1. The van der Waals surface area contributed by atoms with Crippen LogP contribution in [0, 0.1) is 0 Å². The van der Waals surface area contributed by atoms with Crippen LogP contribution in [0.25, 0.3) is 0 Å². The Kier molecular flexibility index (Phi) is 5.21. The number of ketones is 1. The molecule has 2 heterocycles. The molecule has 2 aromatic carbocycles. The minimum atomic E-state index is -0.241. The molecule has 1 saturated heterocycles. The van der Waals surface area contributed by atoms with Gasteiger partial charge in [0.2, 0.25) is 5.91 Å². The Morgan fingerprint density at radius 1 is 0.857 bits per heavy atom. The molecule has 0 radical (unpaired) electrons. The Morgan fingerprint density at radius 3 is 2.29 bits per heavy atom. The molecule has 0 unspecified atom stereocenters. The van der Waals surface area contributed by atoms with Crippen molar-refractivity contribution in [2.24, 2.45) is 0 Å². The highest BCUT2D eigenvalue weighted by atomic mass is 16.2. The molecule has 144 valence electrons. The molecule has 2 aliphatic heterocycles. The topological polar surface area (TPSA) is 60.9 Å². The number of Topliss-reactive ketones (excluding diaryl/α,β-unsaturated/α-hetero) is 1. The van der Waals surface area contributed by atoms with Gasteiger partial charge in [-0.3, -0.25) is 14.5 Å². The number of urea groups is 1. The van der Waals surface area contributed by atoms with Gasteiger partial charge in [0.15, 0.2) is 5.78 Å². The van der Waals surface area contributed by atoms with E-state index in [0.29, 0.717) is 44.8 Å². The van der Waals surface area contributed by atoms with E-state index in [4.69, 9.17) is 0 Å². The quantitative estimate of drug-likeness (QED) is 0.769. The van der Waals surface area contributed by atoms with Gasteiger partial charge in [-0.15, -0.1) is 0 Å². The fraction of sp³-hybridized carbons (Fsp3) is 0.318. The van der Waals surface area contributed by atoms with Crippen LogP contribution in [0.3, 0.4) is 0 Å². The Balaban J connectivity index is 1.30. The van der Waals surface area contributed by atoms with Crippen molar-refractivity contribution in [3.63, 3.8) is 0 Å². The first-order valence-electron chi connectivity index (χ1n) is 9.64. The number of rotatable bonds is 4. The summed E-state index contributed by atoms with van der Waals surface area (Å²) in [5.74, 6) is -0.0273. The van der Waals surface area contributed by atoms with Gasteiger partial charge in [-0.1, -0.05) is 48.5 Å². The molecule has 1 fully saturated rings. The van der Waals surface area contributed by atoms with E-state index >= 15 is 0 Å². The highest BCUT2D eigenvalue weighted by molar-refractivity contribution is 6.18. The highest BCUT2D eigenvalue weighted by Gasteiger charge is 2.35. The predicted molar refractivity (Wildman–Crippen MR) is 106 cm³/mol. The number of imide groups is 1. The number of piperazine rings is 1. The zero-order chi connectivity index (χ0) is 19.5.